The molecule has 132 valence electrons. The van der Waals surface area contributed by atoms with E-state index in [9.17, 15) is 4.79 Å². The van der Waals surface area contributed by atoms with Gasteiger partial charge in [0, 0.05) is 5.56 Å². The average molecular weight is 363 g/mol. The number of anilines is 1. The van der Waals surface area contributed by atoms with Gasteiger partial charge in [-0.15, -0.1) is 11.3 Å². The van der Waals surface area contributed by atoms with Crippen molar-refractivity contribution in [3.05, 3.63) is 82.6 Å². The van der Waals surface area contributed by atoms with Crippen molar-refractivity contribution in [1.82, 2.24) is 0 Å². The standard InChI is InChI=1S/C22H21NO2S/c1-4-16-9-11-17(12-10-16)18-13-21(26-14-18)22(24)23-20-8-6-5-7-19(20)15(2)25-3/h5-14H,2,4H2,1,3H3,(H,23,24). The highest BCUT2D eigenvalue weighted by Crippen LogP contribution is 2.28. The van der Waals surface area contributed by atoms with Crippen molar-refractivity contribution in [2.75, 3.05) is 12.4 Å². The number of hydrogen-bond acceptors (Lipinski definition) is 3. The normalized spacial score (nSPS) is 10.4. The van der Waals surface area contributed by atoms with Crippen LogP contribution in [0, 0.1) is 0 Å². The topological polar surface area (TPSA) is 38.3 Å². The maximum Gasteiger partial charge on any atom is 0.265 e. The Morgan fingerprint density at radius 2 is 1.85 bits per heavy atom. The molecule has 0 saturated carbocycles. The van der Waals surface area contributed by atoms with Crippen molar-refractivity contribution < 1.29 is 9.53 Å². The quantitative estimate of drug-likeness (QED) is 0.558. The van der Waals surface area contributed by atoms with Gasteiger partial charge in [0.25, 0.3) is 5.91 Å². The van der Waals surface area contributed by atoms with Crippen LogP contribution in [0.1, 0.15) is 27.7 Å². The summed E-state index contributed by atoms with van der Waals surface area (Å²) in [7, 11) is 1.57. The van der Waals surface area contributed by atoms with Crippen LogP contribution in [0.2, 0.25) is 0 Å². The van der Waals surface area contributed by atoms with E-state index in [0.717, 1.165) is 23.1 Å². The van der Waals surface area contributed by atoms with Gasteiger partial charge in [-0.1, -0.05) is 49.9 Å². The number of hydrogen-bond donors (Lipinski definition) is 1. The third-order valence-electron chi connectivity index (χ3n) is 4.24. The maximum absolute atomic E-state index is 12.7. The summed E-state index contributed by atoms with van der Waals surface area (Å²) in [6, 6.07) is 17.8. The number of rotatable bonds is 6. The monoisotopic (exact) mass is 363 g/mol. The highest BCUT2D eigenvalue weighted by Gasteiger charge is 2.13. The summed E-state index contributed by atoms with van der Waals surface area (Å²) in [6.45, 7) is 6.01. The first-order valence-electron chi connectivity index (χ1n) is 8.44. The number of amides is 1. The Morgan fingerprint density at radius 3 is 2.54 bits per heavy atom. The molecule has 1 heterocycles. The Hall–Kier alpha value is -2.85. The molecule has 0 bridgehead atoms. The van der Waals surface area contributed by atoms with E-state index in [1.54, 1.807) is 7.11 Å². The molecule has 2 aromatic carbocycles. The van der Waals surface area contributed by atoms with Gasteiger partial charge >= 0.3 is 0 Å². The number of benzene rings is 2. The van der Waals surface area contributed by atoms with Gasteiger partial charge in [-0.3, -0.25) is 4.79 Å². The zero-order valence-corrected chi connectivity index (χ0v) is 15.7. The summed E-state index contributed by atoms with van der Waals surface area (Å²) in [5.74, 6) is 0.381. The lowest BCUT2D eigenvalue weighted by atomic mass is 10.1. The summed E-state index contributed by atoms with van der Waals surface area (Å²) in [5.41, 5.74) is 4.93. The number of aryl methyl sites for hydroxylation is 1. The van der Waals surface area contributed by atoms with Crippen molar-refractivity contribution in [1.29, 1.82) is 0 Å². The van der Waals surface area contributed by atoms with Crippen LogP contribution in [0.4, 0.5) is 5.69 Å². The fourth-order valence-corrected chi connectivity index (χ4v) is 3.48. The van der Waals surface area contributed by atoms with Gasteiger partial charge in [-0.2, -0.15) is 0 Å². The van der Waals surface area contributed by atoms with E-state index in [4.69, 9.17) is 4.74 Å². The zero-order valence-electron chi connectivity index (χ0n) is 14.9. The molecule has 1 N–H and O–H groups in total. The SMILES string of the molecule is C=C(OC)c1ccccc1NC(=O)c1cc(-c2ccc(CC)cc2)cs1. The predicted molar refractivity (Wildman–Crippen MR) is 110 cm³/mol. The van der Waals surface area contributed by atoms with Gasteiger partial charge < -0.3 is 10.1 Å². The molecule has 3 rings (SSSR count). The number of methoxy groups -OCH3 is 1. The molecular weight excluding hydrogens is 342 g/mol. The van der Waals surface area contributed by atoms with E-state index in [1.807, 2.05) is 35.7 Å². The van der Waals surface area contributed by atoms with E-state index < -0.39 is 0 Å². The largest absolute Gasteiger partial charge is 0.497 e. The molecule has 3 nitrogen and oxygen atoms in total. The van der Waals surface area contributed by atoms with Crippen LogP contribution in [0.25, 0.3) is 16.9 Å². The molecule has 3 aromatic rings. The second kappa shape index (κ2) is 8.02. The van der Waals surface area contributed by atoms with Gasteiger partial charge in [-0.05, 0) is 46.7 Å². The van der Waals surface area contributed by atoms with Crippen LogP contribution in [0.15, 0.2) is 66.6 Å². The predicted octanol–water partition coefficient (Wildman–Crippen LogP) is 5.85. The van der Waals surface area contributed by atoms with Crippen LogP contribution >= 0.6 is 11.3 Å². The van der Waals surface area contributed by atoms with Crippen LogP contribution in [0.5, 0.6) is 0 Å². The van der Waals surface area contributed by atoms with E-state index >= 15 is 0 Å². The second-order valence-electron chi connectivity index (χ2n) is 5.88. The molecule has 0 atom stereocenters. The first-order chi connectivity index (χ1) is 12.6. The van der Waals surface area contributed by atoms with Crippen LogP contribution in [-0.4, -0.2) is 13.0 Å². The highest BCUT2D eigenvalue weighted by molar-refractivity contribution is 7.12. The molecule has 0 unspecified atom stereocenters. The van der Waals surface area contributed by atoms with Crippen molar-refractivity contribution in [3.63, 3.8) is 0 Å². The Labute approximate surface area is 158 Å². The van der Waals surface area contributed by atoms with Gasteiger partial charge in [0.15, 0.2) is 0 Å². The van der Waals surface area contributed by atoms with E-state index in [0.29, 0.717) is 16.3 Å². The first kappa shape index (κ1) is 18.0. The van der Waals surface area contributed by atoms with Gasteiger partial charge in [0.2, 0.25) is 0 Å². The fourth-order valence-electron chi connectivity index (χ4n) is 2.67. The zero-order chi connectivity index (χ0) is 18.5. The Bertz CT molecular complexity index is 925. The third-order valence-corrected chi connectivity index (χ3v) is 5.17. The molecule has 1 amide bonds. The summed E-state index contributed by atoms with van der Waals surface area (Å²) in [4.78, 5) is 13.3. The Balaban J connectivity index is 1.79. The lowest BCUT2D eigenvalue weighted by Crippen LogP contribution is -2.11. The number of ether oxygens (including phenoxy) is 1. The van der Waals surface area contributed by atoms with Crippen molar-refractivity contribution >= 4 is 28.7 Å². The lowest BCUT2D eigenvalue weighted by Gasteiger charge is -2.11. The van der Waals surface area contributed by atoms with Crippen LogP contribution in [-0.2, 0) is 11.2 Å². The van der Waals surface area contributed by atoms with Gasteiger partial charge in [0.1, 0.15) is 5.76 Å². The smallest absolute Gasteiger partial charge is 0.265 e. The number of para-hydroxylation sites is 1. The lowest BCUT2D eigenvalue weighted by molar-refractivity contribution is 0.103. The summed E-state index contributed by atoms with van der Waals surface area (Å²) in [6.07, 6.45) is 1.02. The Kier molecular flexibility index (Phi) is 5.54. The minimum atomic E-state index is -0.136. The molecule has 0 aliphatic rings. The molecule has 0 aliphatic heterocycles. The van der Waals surface area contributed by atoms with Gasteiger partial charge in [0.05, 0.1) is 17.7 Å². The first-order valence-corrected chi connectivity index (χ1v) is 9.31. The molecule has 0 saturated heterocycles. The minimum Gasteiger partial charge on any atom is -0.497 e. The van der Waals surface area contributed by atoms with Gasteiger partial charge in [-0.25, -0.2) is 0 Å². The van der Waals surface area contributed by atoms with Crippen molar-refractivity contribution in [2.24, 2.45) is 0 Å². The molecule has 0 aliphatic carbocycles. The number of carbonyl (C=O) groups is 1. The minimum absolute atomic E-state index is 0.136. The Morgan fingerprint density at radius 1 is 1.12 bits per heavy atom. The molecule has 4 heteroatoms. The maximum atomic E-state index is 12.7. The molecule has 26 heavy (non-hydrogen) atoms. The van der Waals surface area contributed by atoms with Crippen LogP contribution in [0.3, 0.4) is 0 Å². The average Bonchev–Trinajstić information content (AvgIpc) is 3.18. The van der Waals surface area contributed by atoms with Crippen LogP contribution < -0.4 is 5.32 Å². The number of thiophene rings is 1. The van der Waals surface area contributed by atoms with E-state index in [1.165, 1.54) is 16.9 Å². The number of carbonyl (C=O) groups excluding carboxylic acids is 1. The highest BCUT2D eigenvalue weighted by atomic mass is 32.1. The molecule has 0 radical (unpaired) electrons. The second-order valence-corrected chi connectivity index (χ2v) is 6.79. The van der Waals surface area contributed by atoms with E-state index in [-0.39, 0.29) is 5.91 Å². The van der Waals surface area contributed by atoms with E-state index in [2.05, 4.69) is 43.1 Å². The summed E-state index contributed by atoms with van der Waals surface area (Å²) in [5, 5.41) is 4.97. The fraction of sp³-hybridized carbons (Fsp3) is 0.136. The molecule has 0 fully saturated rings. The number of nitrogens with one attached hydrogen (secondary N) is 1. The summed E-state index contributed by atoms with van der Waals surface area (Å²) >= 11 is 1.44. The third kappa shape index (κ3) is 3.86. The van der Waals surface area contributed by atoms with Crippen molar-refractivity contribution in [2.45, 2.75) is 13.3 Å². The molecule has 1 aromatic heterocycles. The summed E-state index contributed by atoms with van der Waals surface area (Å²) < 4.78 is 5.20. The van der Waals surface area contributed by atoms with Crippen molar-refractivity contribution in [3.8, 4) is 11.1 Å². The molecular formula is C22H21NO2S. The molecule has 0 spiro atoms.